The van der Waals surface area contributed by atoms with E-state index >= 15 is 0 Å². The summed E-state index contributed by atoms with van der Waals surface area (Å²) in [4.78, 5) is 0. The zero-order chi connectivity index (χ0) is 13.3. The van der Waals surface area contributed by atoms with Crippen molar-refractivity contribution in [3.63, 3.8) is 0 Å². The SMILES string of the molecule is Cc1cc2c(cc1O)C1(C)CC(O2)C(O)C1(C)C. The molecule has 1 saturated carbocycles. The summed E-state index contributed by atoms with van der Waals surface area (Å²) in [6.07, 6.45) is 0.190. The van der Waals surface area contributed by atoms with Gasteiger partial charge < -0.3 is 14.9 Å². The normalized spacial score (nSPS) is 36.1. The van der Waals surface area contributed by atoms with E-state index in [4.69, 9.17) is 4.74 Å². The molecular weight excluding hydrogens is 228 g/mol. The van der Waals surface area contributed by atoms with Crippen LogP contribution in [0.15, 0.2) is 12.1 Å². The summed E-state index contributed by atoms with van der Waals surface area (Å²) < 4.78 is 5.91. The Morgan fingerprint density at radius 1 is 1.28 bits per heavy atom. The first-order valence-corrected chi connectivity index (χ1v) is 6.46. The lowest BCUT2D eigenvalue weighted by Crippen LogP contribution is -2.40. The average Bonchev–Trinajstić information content (AvgIpc) is 2.43. The second kappa shape index (κ2) is 3.21. The fourth-order valence-electron chi connectivity index (χ4n) is 3.49. The van der Waals surface area contributed by atoms with Gasteiger partial charge in [-0.25, -0.2) is 0 Å². The van der Waals surface area contributed by atoms with Gasteiger partial charge in [0.15, 0.2) is 0 Å². The Labute approximate surface area is 107 Å². The van der Waals surface area contributed by atoms with Gasteiger partial charge in [0.25, 0.3) is 0 Å². The largest absolute Gasteiger partial charge is 0.508 e. The van der Waals surface area contributed by atoms with E-state index in [0.717, 1.165) is 23.3 Å². The number of aliphatic hydroxyl groups is 1. The Bertz CT molecular complexity index is 521. The number of hydrogen-bond acceptors (Lipinski definition) is 3. The molecule has 0 radical (unpaired) electrons. The van der Waals surface area contributed by atoms with Crippen molar-refractivity contribution in [1.29, 1.82) is 0 Å². The number of aryl methyl sites for hydroxylation is 1. The number of fused-ring (bicyclic) bond motifs is 4. The van der Waals surface area contributed by atoms with Gasteiger partial charge in [-0.1, -0.05) is 20.8 Å². The molecule has 3 unspecified atom stereocenters. The van der Waals surface area contributed by atoms with Gasteiger partial charge in [-0.3, -0.25) is 0 Å². The minimum Gasteiger partial charge on any atom is -0.508 e. The van der Waals surface area contributed by atoms with Crippen LogP contribution in [-0.4, -0.2) is 22.4 Å². The molecule has 0 amide bonds. The summed E-state index contributed by atoms with van der Waals surface area (Å²) in [5, 5.41) is 20.4. The van der Waals surface area contributed by atoms with Crippen molar-refractivity contribution in [2.45, 2.75) is 51.7 Å². The molecule has 3 nitrogen and oxygen atoms in total. The van der Waals surface area contributed by atoms with Gasteiger partial charge in [0, 0.05) is 16.4 Å². The van der Waals surface area contributed by atoms with Gasteiger partial charge in [-0.2, -0.15) is 0 Å². The van der Waals surface area contributed by atoms with E-state index in [1.807, 2.05) is 13.0 Å². The second-order valence-electron chi connectivity index (χ2n) is 6.49. The smallest absolute Gasteiger partial charge is 0.126 e. The maximum atomic E-state index is 10.4. The predicted octanol–water partition coefficient (Wildman–Crippen LogP) is 2.51. The second-order valence-corrected chi connectivity index (χ2v) is 6.49. The van der Waals surface area contributed by atoms with Gasteiger partial charge in [-0.15, -0.1) is 0 Å². The molecule has 18 heavy (non-hydrogen) atoms. The Hall–Kier alpha value is -1.22. The summed E-state index contributed by atoms with van der Waals surface area (Å²) >= 11 is 0. The Morgan fingerprint density at radius 2 is 1.94 bits per heavy atom. The molecule has 3 rings (SSSR count). The lowest BCUT2D eigenvalue weighted by molar-refractivity contribution is 0.00239. The van der Waals surface area contributed by atoms with E-state index in [1.165, 1.54) is 0 Å². The third-order valence-electron chi connectivity index (χ3n) is 5.29. The van der Waals surface area contributed by atoms with Crippen LogP contribution in [0.1, 0.15) is 38.3 Å². The number of ether oxygens (including phenoxy) is 1. The highest BCUT2D eigenvalue weighted by atomic mass is 16.5. The fourth-order valence-corrected chi connectivity index (χ4v) is 3.49. The van der Waals surface area contributed by atoms with Crippen molar-refractivity contribution in [2.24, 2.45) is 5.41 Å². The number of rotatable bonds is 0. The topological polar surface area (TPSA) is 49.7 Å². The highest BCUT2D eigenvalue weighted by Gasteiger charge is 2.61. The van der Waals surface area contributed by atoms with Crippen LogP contribution in [0, 0.1) is 12.3 Å². The summed E-state index contributed by atoms with van der Waals surface area (Å²) in [5.41, 5.74) is 1.41. The van der Waals surface area contributed by atoms with E-state index in [-0.39, 0.29) is 16.9 Å². The summed E-state index contributed by atoms with van der Waals surface area (Å²) in [7, 11) is 0. The molecule has 98 valence electrons. The Kier molecular flexibility index (Phi) is 2.11. The van der Waals surface area contributed by atoms with Crippen molar-refractivity contribution in [3.05, 3.63) is 23.3 Å². The molecule has 0 spiro atoms. The molecule has 3 atom stereocenters. The molecule has 1 aliphatic heterocycles. The van der Waals surface area contributed by atoms with E-state index in [9.17, 15) is 10.2 Å². The molecule has 1 aliphatic carbocycles. The van der Waals surface area contributed by atoms with Crippen LogP contribution in [-0.2, 0) is 5.41 Å². The first-order valence-electron chi connectivity index (χ1n) is 6.46. The highest BCUT2D eigenvalue weighted by Crippen LogP contribution is 2.60. The Balaban J connectivity index is 2.25. The van der Waals surface area contributed by atoms with Crippen molar-refractivity contribution < 1.29 is 14.9 Å². The van der Waals surface area contributed by atoms with Crippen LogP contribution in [0.2, 0.25) is 0 Å². The fraction of sp³-hybridized carbons (Fsp3) is 0.600. The van der Waals surface area contributed by atoms with Gasteiger partial charge in [0.2, 0.25) is 0 Å². The number of benzene rings is 1. The monoisotopic (exact) mass is 248 g/mol. The average molecular weight is 248 g/mol. The van der Waals surface area contributed by atoms with E-state index in [1.54, 1.807) is 6.07 Å². The van der Waals surface area contributed by atoms with Gasteiger partial charge in [-0.05, 0) is 31.0 Å². The first-order chi connectivity index (χ1) is 8.27. The zero-order valence-electron chi connectivity index (χ0n) is 11.3. The molecule has 0 aromatic heterocycles. The summed E-state index contributed by atoms with van der Waals surface area (Å²) in [5.74, 6) is 1.11. The van der Waals surface area contributed by atoms with Crippen molar-refractivity contribution >= 4 is 0 Å². The highest BCUT2D eigenvalue weighted by molar-refractivity contribution is 5.52. The molecule has 0 saturated heterocycles. The molecule has 1 heterocycles. The quantitative estimate of drug-likeness (QED) is 0.741. The predicted molar refractivity (Wildman–Crippen MR) is 69.0 cm³/mol. The summed E-state index contributed by atoms with van der Waals surface area (Å²) in [6, 6.07) is 3.68. The van der Waals surface area contributed by atoms with Crippen LogP contribution in [0.5, 0.6) is 11.5 Å². The number of phenolic OH excluding ortho intramolecular Hbond substituents is 1. The molecule has 3 heteroatoms. The van der Waals surface area contributed by atoms with E-state index < -0.39 is 6.10 Å². The lowest BCUT2D eigenvalue weighted by Gasteiger charge is -2.40. The number of aromatic hydroxyl groups is 1. The minimum atomic E-state index is -0.475. The first kappa shape index (κ1) is 11.8. The van der Waals surface area contributed by atoms with Crippen LogP contribution < -0.4 is 4.74 Å². The molecular formula is C15H20O3. The molecule has 1 aromatic rings. The van der Waals surface area contributed by atoms with Crippen LogP contribution >= 0.6 is 0 Å². The third kappa shape index (κ3) is 1.18. The van der Waals surface area contributed by atoms with Crippen molar-refractivity contribution in [2.75, 3.05) is 0 Å². The van der Waals surface area contributed by atoms with E-state index in [0.29, 0.717) is 5.75 Å². The number of hydrogen-bond donors (Lipinski definition) is 2. The molecule has 2 aliphatic rings. The van der Waals surface area contributed by atoms with Crippen molar-refractivity contribution in [3.8, 4) is 11.5 Å². The molecule has 1 aromatic carbocycles. The maximum absolute atomic E-state index is 10.4. The number of aliphatic hydroxyl groups excluding tert-OH is 1. The van der Waals surface area contributed by atoms with Crippen LogP contribution in [0.4, 0.5) is 0 Å². The maximum Gasteiger partial charge on any atom is 0.126 e. The zero-order valence-corrected chi connectivity index (χ0v) is 11.3. The molecule has 1 fully saturated rings. The summed E-state index contributed by atoms with van der Waals surface area (Å²) in [6.45, 7) is 8.17. The van der Waals surface area contributed by atoms with Crippen molar-refractivity contribution in [1.82, 2.24) is 0 Å². The number of phenols is 1. The van der Waals surface area contributed by atoms with Gasteiger partial charge in [0.05, 0.1) is 6.10 Å². The molecule has 2 bridgehead atoms. The lowest BCUT2D eigenvalue weighted by atomic mass is 9.64. The van der Waals surface area contributed by atoms with Gasteiger partial charge >= 0.3 is 0 Å². The molecule has 2 N–H and O–H groups in total. The third-order valence-corrected chi connectivity index (χ3v) is 5.29. The Morgan fingerprint density at radius 3 is 2.61 bits per heavy atom. The van der Waals surface area contributed by atoms with E-state index in [2.05, 4.69) is 20.8 Å². The van der Waals surface area contributed by atoms with Crippen LogP contribution in [0.25, 0.3) is 0 Å². The standard InChI is InChI=1S/C15H20O3/c1-8-5-11-9(6-10(8)16)15(4)7-12(18-11)13(17)14(15,2)3/h5-6,12-13,16-17H,7H2,1-4H3. The van der Waals surface area contributed by atoms with Crippen LogP contribution in [0.3, 0.4) is 0 Å². The minimum absolute atomic E-state index is 0.138. The van der Waals surface area contributed by atoms with Gasteiger partial charge in [0.1, 0.15) is 17.6 Å².